The van der Waals surface area contributed by atoms with Crippen molar-refractivity contribution in [1.29, 1.82) is 0 Å². The number of ether oxygens (including phenoxy) is 2. The number of amides is 1. The molecule has 0 aliphatic carbocycles. The SMILES string of the molecule is C[C@@H](NC(=O)CN(c1ccc([N+](=O)[O-])cc1)S(=O)(=O)c1ccccc1)c1ccc2c(c1)OCCO2. The maximum absolute atomic E-state index is 13.4. The van der Waals surface area contributed by atoms with E-state index in [1.54, 1.807) is 43.3 Å². The third kappa shape index (κ3) is 5.35. The molecule has 3 aromatic rings. The minimum atomic E-state index is -4.13. The molecule has 0 fully saturated rings. The Balaban J connectivity index is 1.58. The van der Waals surface area contributed by atoms with Gasteiger partial charge in [0.15, 0.2) is 11.5 Å². The zero-order valence-corrected chi connectivity index (χ0v) is 19.6. The summed E-state index contributed by atoms with van der Waals surface area (Å²) in [5.41, 5.74) is 0.694. The molecule has 0 unspecified atom stereocenters. The highest BCUT2D eigenvalue weighted by Gasteiger charge is 2.28. The molecule has 182 valence electrons. The Morgan fingerprint density at radius 3 is 2.34 bits per heavy atom. The van der Waals surface area contributed by atoms with Gasteiger partial charge in [-0.2, -0.15) is 0 Å². The Hall–Kier alpha value is -4.12. The lowest BCUT2D eigenvalue weighted by molar-refractivity contribution is -0.384. The maximum Gasteiger partial charge on any atom is 0.269 e. The minimum absolute atomic E-state index is 0.00830. The van der Waals surface area contributed by atoms with Crippen molar-refractivity contribution >= 4 is 27.3 Å². The van der Waals surface area contributed by atoms with Crippen molar-refractivity contribution in [2.45, 2.75) is 17.9 Å². The van der Waals surface area contributed by atoms with E-state index in [0.717, 1.165) is 9.87 Å². The first-order chi connectivity index (χ1) is 16.8. The van der Waals surface area contributed by atoms with Gasteiger partial charge in [0, 0.05) is 12.1 Å². The van der Waals surface area contributed by atoms with E-state index >= 15 is 0 Å². The third-order valence-corrected chi connectivity index (χ3v) is 7.20. The number of carbonyl (C=O) groups is 1. The number of rotatable bonds is 8. The molecule has 0 radical (unpaired) electrons. The van der Waals surface area contributed by atoms with E-state index in [4.69, 9.17) is 9.47 Å². The molecule has 3 aromatic carbocycles. The van der Waals surface area contributed by atoms with E-state index in [-0.39, 0.29) is 16.3 Å². The highest BCUT2D eigenvalue weighted by atomic mass is 32.2. The van der Waals surface area contributed by atoms with E-state index in [9.17, 15) is 23.3 Å². The number of anilines is 1. The largest absolute Gasteiger partial charge is 0.486 e. The van der Waals surface area contributed by atoms with Crippen LogP contribution in [0.1, 0.15) is 18.5 Å². The number of non-ortho nitro benzene ring substituents is 1. The quantitative estimate of drug-likeness (QED) is 0.373. The highest BCUT2D eigenvalue weighted by molar-refractivity contribution is 7.92. The van der Waals surface area contributed by atoms with Gasteiger partial charge in [0.2, 0.25) is 5.91 Å². The molecule has 0 saturated carbocycles. The zero-order chi connectivity index (χ0) is 25.0. The van der Waals surface area contributed by atoms with Crippen LogP contribution in [0.3, 0.4) is 0 Å². The van der Waals surface area contributed by atoms with Crippen LogP contribution in [0.4, 0.5) is 11.4 Å². The standard InChI is InChI=1S/C24H23N3O7S/c1-17(18-7-12-22-23(15-18)34-14-13-33-22)25-24(28)16-26(19-8-10-20(11-9-19)27(29)30)35(31,32)21-5-3-2-4-6-21/h2-12,15,17H,13-14,16H2,1H3,(H,25,28)/t17-/m1/s1. The van der Waals surface area contributed by atoms with Crippen molar-refractivity contribution in [1.82, 2.24) is 5.32 Å². The number of carbonyl (C=O) groups excluding carboxylic acids is 1. The lowest BCUT2D eigenvalue weighted by Gasteiger charge is -2.25. The number of hydrogen-bond acceptors (Lipinski definition) is 7. The van der Waals surface area contributed by atoms with Gasteiger partial charge in [-0.3, -0.25) is 19.2 Å². The lowest BCUT2D eigenvalue weighted by atomic mass is 10.1. The van der Waals surface area contributed by atoms with Gasteiger partial charge < -0.3 is 14.8 Å². The monoisotopic (exact) mass is 497 g/mol. The number of benzene rings is 3. The second-order valence-corrected chi connectivity index (χ2v) is 9.65. The zero-order valence-electron chi connectivity index (χ0n) is 18.8. The van der Waals surface area contributed by atoms with Crippen LogP contribution in [0.2, 0.25) is 0 Å². The first-order valence-electron chi connectivity index (χ1n) is 10.8. The summed E-state index contributed by atoms with van der Waals surface area (Å²) in [6, 6.07) is 17.5. The number of fused-ring (bicyclic) bond motifs is 1. The molecule has 1 heterocycles. The van der Waals surface area contributed by atoms with Crippen LogP contribution >= 0.6 is 0 Å². The van der Waals surface area contributed by atoms with Crippen LogP contribution in [-0.4, -0.2) is 39.0 Å². The van der Waals surface area contributed by atoms with Crippen LogP contribution in [-0.2, 0) is 14.8 Å². The van der Waals surface area contributed by atoms with Crippen molar-refractivity contribution in [3.8, 4) is 11.5 Å². The van der Waals surface area contributed by atoms with Crippen molar-refractivity contribution in [2.24, 2.45) is 0 Å². The smallest absolute Gasteiger partial charge is 0.269 e. The van der Waals surface area contributed by atoms with Gasteiger partial charge in [0.25, 0.3) is 15.7 Å². The summed E-state index contributed by atoms with van der Waals surface area (Å²) >= 11 is 0. The molecule has 0 aromatic heterocycles. The molecule has 0 saturated heterocycles. The number of nitro groups is 1. The average Bonchev–Trinajstić information content (AvgIpc) is 2.87. The lowest BCUT2D eigenvalue weighted by Crippen LogP contribution is -2.41. The van der Waals surface area contributed by atoms with Gasteiger partial charge in [0.1, 0.15) is 19.8 Å². The fraction of sp³-hybridized carbons (Fsp3) is 0.208. The van der Waals surface area contributed by atoms with Gasteiger partial charge >= 0.3 is 0 Å². The first kappa shape index (κ1) is 24.0. The third-order valence-electron chi connectivity index (χ3n) is 5.41. The van der Waals surface area contributed by atoms with E-state index < -0.39 is 33.4 Å². The Bertz CT molecular complexity index is 1330. The molecule has 35 heavy (non-hydrogen) atoms. The summed E-state index contributed by atoms with van der Waals surface area (Å²) in [5.74, 6) is 0.649. The van der Waals surface area contributed by atoms with E-state index in [2.05, 4.69) is 5.32 Å². The second-order valence-electron chi connectivity index (χ2n) is 7.79. The second kappa shape index (κ2) is 10.0. The Kier molecular flexibility index (Phi) is 6.87. The topological polar surface area (TPSA) is 128 Å². The van der Waals surface area contributed by atoms with Crippen LogP contribution in [0, 0.1) is 10.1 Å². The van der Waals surface area contributed by atoms with E-state index in [1.165, 1.54) is 36.4 Å². The Labute approximate surface area is 202 Å². The molecule has 1 amide bonds. The van der Waals surface area contributed by atoms with Crippen LogP contribution in [0.15, 0.2) is 77.7 Å². The molecule has 1 N–H and O–H groups in total. The van der Waals surface area contributed by atoms with E-state index in [0.29, 0.717) is 24.7 Å². The molecule has 1 aliphatic heterocycles. The Morgan fingerprint density at radius 2 is 1.69 bits per heavy atom. The predicted molar refractivity (Wildman–Crippen MR) is 128 cm³/mol. The highest BCUT2D eigenvalue weighted by Crippen LogP contribution is 2.32. The summed E-state index contributed by atoms with van der Waals surface area (Å²) in [7, 11) is -4.13. The predicted octanol–water partition coefficient (Wildman–Crippen LogP) is 3.44. The fourth-order valence-corrected chi connectivity index (χ4v) is 5.05. The molecular formula is C24H23N3O7S. The Morgan fingerprint density at radius 1 is 1.03 bits per heavy atom. The van der Waals surface area contributed by atoms with Gasteiger partial charge in [-0.05, 0) is 48.9 Å². The molecule has 11 heteroatoms. The molecule has 0 spiro atoms. The number of nitro benzene ring substituents is 1. The van der Waals surface area contributed by atoms with Crippen LogP contribution in [0.5, 0.6) is 11.5 Å². The van der Waals surface area contributed by atoms with E-state index in [1.807, 2.05) is 0 Å². The molecule has 0 bridgehead atoms. The number of nitrogens with one attached hydrogen (secondary N) is 1. The number of nitrogens with zero attached hydrogens (tertiary/aromatic N) is 2. The average molecular weight is 498 g/mol. The molecule has 1 aliphatic rings. The molecule has 10 nitrogen and oxygen atoms in total. The molecular weight excluding hydrogens is 474 g/mol. The summed E-state index contributed by atoms with van der Waals surface area (Å²) < 4.78 is 38.8. The van der Waals surface area contributed by atoms with Crippen molar-refractivity contribution in [3.05, 3.63) is 88.5 Å². The van der Waals surface area contributed by atoms with Gasteiger partial charge in [0.05, 0.1) is 21.5 Å². The number of sulfonamides is 1. The molecule has 1 atom stereocenters. The van der Waals surface area contributed by atoms with Crippen molar-refractivity contribution in [2.75, 3.05) is 24.1 Å². The normalized spacial score (nSPS) is 13.5. The maximum atomic E-state index is 13.4. The summed E-state index contributed by atoms with van der Waals surface area (Å²) in [5, 5.41) is 13.8. The first-order valence-corrected chi connectivity index (χ1v) is 12.2. The summed E-state index contributed by atoms with van der Waals surface area (Å²) in [6.07, 6.45) is 0. The minimum Gasteiger partial charge on any atom is -0.486 e. The van der Waals surface area contributed by atoms with Gasteiger partial charge in [-0.15, -0.1) is 0 Å². The number of hydrogen-bond donors (Lipinski definition) is 1. The van der Waals surface area contributed by atoms with Crippen molar-refractivity contribution < 1.29 is 27.6 Å². The molecule has 4 rings (SSSR count). The van der Waals surface area contributed by atoms with Crippen molar-refractivity contribution in [3.63, 3.8) is 0 Å². The van der Waals surface area contributed by atoms with Gasteiger partial charge in [-0.25, -0.2) is 8.42 Å². The van der Waals surface area contributed by atoms with Crippen LogP contribution < -0.4 is 19.1 Å². The summed E-state index contributed by atoms with van der Waals surface area (Å²) in [4.78, 5) is 23.4. The summed E-state index contributed by atoms with van der Waals surface area (Å²) in [6.45, 7) is 2.14. The van der Waals surface area contributed by atoms with Gasteiger partial charge in [-0.1, -0.05) is 24.3 Å². The fourth-order valence-electron chi connectivity index (χ4n) is 3.61. The van der Waals surface area contributed by atoms with Crippen LogP contribution in [0.25, 0.3) is 0 Å².